The molecule has 1 aromatic rings. The molecule has 0 aliphatic rings. The molecule has 0 aliphatic carbocycles. The molecular formula is C12H13F4N. The molecule has 17 heavy (non-hydrogen) atoms. The average molecular weight is 247 g/mol. The first-order valence-corrected chi connectivity index (χ1v) is 5.10. The van der Waals surface area contributed by atoms with Gasteiger partial charge in [-0.15, -0.1) is 6.58 Å². The number of halogens is 4. The average Bonchev–Trinajstić information content (AvgIpc) is 2.23. The fourth-order valence-corrected chi connectivity index (χ4v) is 1.60. The van der Waals surface area contributed by atoms with Crippen LogP contribution in [0.25, 0.3) is 0 Å². The lowest BCUT2D eigenvalue weighted by molar-refractivity contribution is -0.140. The lowest BCUT2D eigenvalue weighted by atomic mass is 9.96. The highest BCUT2D eigenvalue weighted by atomic mass is 19.4. The maximum absolute atomic E-state index is 13.2. The number of rotatable bonds is 4. The first-order valence-electron chi connectivity index (χ1n) is 5.10. The molecule has 0 fully saturated rings. The Kier molecular flexibility index (Phi) is 4.28. The third kappa shape index (κ3) is 3.30. The van der Waals surface area contributed by atoms with Gasteiger partial charge in [-0.3, -0.25) is 0 Å². The molecule has 0 amide bonds. The molecule has 0 heterocycles. The van der Waals surface area contributed by atoms with Crippen LogP contribution in [0.4, 0.5) is 17.6 Å². The second-order valence-electron chi connectivity index (χ2n) is 3.67. The van der Waals surface area contributed by atoms with Gasteiger partial charge in [-0.2, -0.15) is 13.2 Å². The van der Waals surface area contributed by atoms with Crippen LogP contribution in [0, 0.1) is 5.82 Å². The maximum Gasteiger partial charge on any atom is 0.419 e. The molecule has 0 aliphatic heterocycles. The Morgan fingerprint density at radius 3 is 2.53 bits per heavy atom. The summed E-state index contributed by atoms with van der Waals surface area (Å²) >= 11 is 0. The van der Waals surface area contributed by atoms with Crippen molar-refractivity contribution in [3.05, 3.63) is 47.8 Å². The van der Waals surface area contributed by atoms with Crippen molar-refractivity contribution in [2.45, 2.75) is 25.1 Å². The van der Waals surface area contributed by atoms with Crippen LogP contribution >= 0.6 is 0 Å². The quantitative estimate of drug-likeness (QED) is 0.635. The lowest BCUT2D eigenvalue weighted by Gasteiger charge is -2.18. The maximum atomic E-state index is 13.2. The molecule has 1 atom stereocenters. The Bertz CT molecular complexity index is 398. The van der Waals surface area contributed by atoms with Crippen molar-refractivity contribution in [3.8, 4) is 0 Å². The summed E-state index contributed by atoms with van der Waals surface area (Å²) in [5.41, 5.74) is 4.16. The molecule has 0 saturated heterocycles. The van der Waals surface area contributed by atoms with Crippen LogP contribution in [-0.4, -0.2) is 0 Å². The second-order valence-corrected chi connectivity index (χ2v) is 3.67. The number of nitrogens with two attached hydrogens (primary N) is 1. The minimum Gasteiger partial charge on any atom is -0.324 e. The highest BCUT2D eigenvalue weighted by molar-refractivity contribution is 5.33. The zero-order valence-corrected chi connectivity index (χ0v) is 9.10. The minimum atomic E-state index is -4.73. The second kappa shape index (κ2) is 5.31. The Morgan fingerprint density at radius 2 is 2.00 bits per heavy atom. The van der Waals surface area contributed by atoms with E-state index < -0.39 is 23.6 Å². The van der Waals surface area contributed by atoms with Gasteiger partial charge in [-0.25, -0.2) is 4.39 Å². The molecule has 1 aromatic carbocycles. The van der Waals surface area contributed by atoms with Gasteiger partial charge in [0.15, 0.2) is 0 Å². The van der Waals surface area contributed by atoms with Crippen molar-refractivity contribution in [1.29, 1.82) is 0 Å². The fraction of sp³-hybridized carbons (Fsp3) is 0.333. The third-order valence-electron chi connectivity index (χ3n) is 2.41. The van der Waals surface area contributed by atoms with E-state index in [1.807, 2.05) is 0 Å². The van der Waals surface area contributed by atoms with Crippen LogP contribution in [0.3, 0.4) is 0 Å². The van der Waals surface area contributed by atoms with Crippen molar-refractivity contribution in [3.63, 3.8) is 0 Å². The topological polar surface area (TPSA) is 26.0 Å². The molecule has 0 bridgehead atoms. The van der Waals surface area contributed by atoms with Crippen LogP contribution in [0.2, 0.25) is 0 Å². The zero-order valence-electron chi connectivity index (χ0n) is 9.10. The van der Waals surface area contributed by atoms with Gasteiger partial charge in [0.1, 0.15) is 5.82 Å². The number of allylic oxidation sites excluding steroid dienone is 1. The number of alkyl halides is 3. The van der Waals surface area contributed by atoms with Crippen LogP contribution < -0.4 is 5.73 Å². The van der Waals surface area contributed by atoms with Gasteiger partial charge in [0.25, 0.3) is 0 Å². The van der Waals surface area contributed by atoms with E-state index in [1.54, 1.807) is 6.08 Å². The number of benzene rings is 1. The Labute approximate surface area is 96.9 Å². The summed E-state index contributed by atoms with van der Waals surface area (Å²) in [4.78, 5) is 0. The van der Waals surface area contributed by atoms with E-state index in [0.717, 1.165) is 6.07 Å². The minimum absolute atomic E-state index is 0.209. The molecule has 5 heteroatoms. The molecule has 1 nitrogen and oxygen atoms in total. The molecule has 94 valence electrons. The highest BCUT2D eigenvalue weighted by Crippen LogP contribution is 2.36. The van der Waals surface area contributed by atoms with Gasteiger partial charge in [-0.05, 0) is 24.5 Å². The standard InChI is InChI=1S/C12H13F4N/c1-2-3-7-10(17)8-5-4-6-9(13)11(8)12(14,15)16/h2,4-6,10H,1,3,7,17H2/t10-/m0/s1. The van der Waals surface area contributed by atoms with Gasteiger partial charge >= 0.3 is 6.18 Å². The molecule has 0 radical (unpaired) electrons. The Balaban J connectivity index is 3.15. The lowest BCUT2D eigenvalue weighted by Crippen LogP contribution is -2.19. The molecule has 0 saturated carbocycles. The summed E-state index contributed by atoms with van der Waals surface area (Å²) in [6, 6.07) is 2.38. The molecular weight excluding hydrogens is 234 g/mol. The summed E-state index contributed by atoms with van der Waals surface area (Å²) < 4.78 is 51.3. The summed E-state index contributed by atoms with van der Waals surface area (Å²) in [5.74, 6) is -1.29. The predicted molar refractivity (Wildman–Crippen MR) is 57.8 cm³/mol. The molecule has 0 aromatic heterocycles. The summed E-state index contributed by atoms with van der Waals surface area (Å²) in [6.45, 7) is 3.46. The molecule has 0 spiro atoms. The van der Waals surface area contributed by atoms with Crippen LogP contribution in [0.15, 0.2) is 30.9 Å². The smallest absolute Gasteiger partial charge is 0.324 e. The van der Waals surface area contributed by atoms with Gasteiger partial charge in [-0.1, -0.05) is 18.2 Å². The fourth-order valence-electron chi connectivity index (χ4n) is 1.60. The normalized spacial score (nSPS) is 13.5. The SMILES string of the molecule is C=CCC[C@H](N)c1cccc(F)c1C(F)(F)F. The van der Waals surface area contributed by atoms with E-state index in [0.29, 0.717) is 12.8 Å². The van der Waals surface area contributed by atoms with Gasteiger partial charge < -0.3 is 5.73 Å². The first kappa shape index (κ1) is 13.7. The van der Waals surface area contributed by atoms with E-state index >= 15 is 0 Å². The molecule has 2 N–H and O–H groups in total. The predicted octanol–water partition coefficient (Wildman–Crippen LogP) is 3.81. The zero-order chi connectivity index (χ0) is 13.1. The molecule has 1 rings (SSSR count). The van der Waals surface area contributed by atoms with Gasteiger partial charge in [0.05, 0.1) is 5.56 Å². The highest BCUT2D eigenvalue weighted by Gasteiger charge is 2.37. The largest absolute Gasteiger partial charge is 0.419 e. The van der Waals surface area contributed by atoms with Crippen molar-refractivity contribution in [2.24, 2.45) is 5.73 Å². The van der Waals surface area contributed by atoms with Crippen LogP contribution in [-0.2, 0) is 6.18 Å². The van der Waals surface area contributed by atoms with Crippen LogP contribution in [0.1, 0.15) is 30.0 Å². The third-order valence-corrected chi connectivity index (χ3v) is 2.41. The van der Waals surface area contributed by atoms with Crippen molar-refractivity contribution < 1.29 is 17.6 Å². The summed E-state index contributed by atoms with van der Waals surface area (Å²) in [5, 5.41) is 0. The van der Waals surface area contributed by atoms with E-state index in [4.69, 9.17) is 5.73 Å². The van der Waals surface area contributed by atoms with Crippen molar-refractivity contribution >= 4 is 0 Å². The Hall–Kier alpha value is -1.36. The monoisotopic (exact) mass is 247 g/mol. The number of hydrogen-bond donors (Lipinski definition) is 1. The van der Waals surface area contributed by atoms with Crippen molar-refractivity contribution in [2.75, 3.05) is 0 Å². The Morgan fingerprint density at radius 1 is 1.35 bits per heavy atom. The van der Waals surface area contributed by atoms with Gasteiger partial charge in [0.2, 0.25) is 0 Å². The molecule has 0 unspecified atom stereocenters. The number of hydrogen-bond acceptors (Lipinski definition) is 1. The summed E-state index contributed by atoms with van der Waals surface area (Å²) in [7, 11) is 0. The van der Waals surface area contributed by atoms with E-state index in [1.165, 1.54) is 12.1 Å². The van der Waals surface area contributed by atoms with Gasteiger partial charge in [0, 0.05) is 6.04 Å². The van der Waals surface area contributed by atoms with E-state index in [2.05, 4.69) is 6.58 Å². The van der Waals surface area contributed by atoms with Crippen molar-refractivity contribution in [1.82, 2.24) is 0 Å². The first-order chi connectivity index (χ1) is 7.88. The van der Waals surface area contributed by atoms with Crippen LogP contribution in [0.5, 0.6) is 0 Å². The van der Waals surface area contributed by atoms with E-state index in [9.17, 15) is 17.6 Å². The summed E-state index contributed by atoms with van der Waals surface area (Å²) in [6.07, 6.45) is -2.39. The van der Waals surface area contributed by atoms with E-state index in [-0.39, 0.29) is 5.56 Å².